The van der Waals surface area contributed by atoms with Gasteiger partial charge >= 0.3 is 0 Å². The normalized spacial score (nSPS) is 20.1. The number of nitrogens with zero attached hydrogens (tertiary/aromatic N) is 1. The summed E-state index contributed by atoms with van der Waals surface area (Å²) < 4.78 is 0. The molecule has 0 saturated carbocycles. The molecule has 2 heterocycles. The van der Waals surface area contributed by atoms with Gasteiger partial charge in [-0.25, -0.2) is 0 Å². The zero-order chi connectivity index (χ0) is 13.5. The molecule has 2 aliphatic rings. The summed E-state index contributed by atoms with van der Waals surface area (Å²) in [5, 5.41) is 6.63. The van der Waals surface area contributed by atoms with E-state index < -0.39 is 0 Å². The van der Waals surface area contributed by atoms with Gasteiger partial charge < -0.3 is 15.5 Å². The number of anilines is 1. The third kappa shape index (κ3) is 2.27. The lowest BCUT2D eigenvalue weighted by atomic mass is 9.90. The van der Waals surface area contributed by atoms with E-state index in [1.165, 1.54) is 0 Å². The average molecular weight is 296 g/mol. The summed E-state index contributed by atoms with van der Waals surface area (Å²) in [6.45, 7) is 7.01. The van der Waals surface area contributed by atoms with Crippen LogP contribution in [0.3, 0.4) is 0 Å². The van der Waals surface area contributed by atoms with Gasteiger partial charge in [0.05, 0.1) is 11.3 Å². The van der Waals surface area contributed by atoms with E-state index in [0.29, 0.717) is 0 Å². The Morgan fingerprint density at radius 2 is 2.00 bits per heavy atom. The number of carbonyl (C=O) groups is 1. The van der Waals surface area contributed by atoms with Crippen LogP contribution in [0.5, 0.6) is 0 Å². The van der Waals surface area contributed by atoms with Crippen molar-refractivity contribution in [3.63, 3.8) is 0 Å². The van der Waals surface area contributed by atoms with Gasteiger partial charge in [0.2, 0.25) is 0 Å². The molecule has 1 aromatic carbocycles. The van der Waals surface area contributed by atoms with E-state index in [9.17, 15) is 4.79 Å². The van der Waals surface area contributed by atoms with Crippen molar-refractivity contribution in [1.29, 1.82) is 0 Å². The second-order valence-corrected chi connectivity index (χ2v) is 5.50. The van der Waals surface area contributed by atoms with Gasteiger partial charge in [0.25, 0.3) is 5.91 Å². The third-order valence-corrected chi connectivity index (χ3v) is 4.30. The molecule has 1 saturated heterocycles. The molecule has 0 unspecified atom stereocenters. The number of rotatable bonds is 1. The first-order valence-corrected chi connectivity index (χ1v) is 7.08. The van der Waals surface area contributed by atoms with Crippen LogP contribution in [0.1, 0.15) is 35.7 Å². The lowest BCUT2D eigenvalue weighted by molar-refractivity contribution is 0.0852. The number of aryl methyl sites for hydroxylation is 1. The second-order valence-electron chi connectivity index (χ2n) is 5.50. The fraction of sp³-hybridized carbons (Fsp3) is 0.533. The van der Waals surface area contributed by atoms with Crippen LogP contribution in [-0.2, 0) is 0 Å². The monoisotopic (exact) mass is 295 g/mol. The van der Waals surface area contributed by atoms with Gasteiger partial charge in [-0.05, 0) is 39.1 Å². The van der Waals surface area contributed by atoms with Crippen molar-refractivity contribution in [3.05, 3.63) is 29.3 Å². The van der Waals surface area contributed by atoms with Crippen LogP contribution in [0.15, 0.2) is 18.2 Å². The van der Waals surface area contributed by atoms with Crippen molar-refractivity contribution in [1.82, 2.24) is 10.6 Å². The Balaban J connectivity index is 0.00000147. The second kappa shape index (κ2) is 5.62. The summed E-state index contributed by atoms with van der Waals surface area (Å²) in [6, 6.07) is 6.17. The van der Waals surface area contributed by atoms with Gasteiger partial charge in [0.1, 0.15) is 5.66 Å². The summed E-state index contributed by atoms with van der Waals surface area (Å²) in [5.41, 5.74) is 2.83. The Morgan fingerprint density at radius 1 is 1.30 bits per heavy atom. The Hall–Kier alpha value is -1.26. The Bertz CT molecular complexity index is 512. The number of fused-ring (bicyclic) bond motifs is 1. The quantitative estimate of drug-likeness (QED) is 0.834. The molecular weight excluding hydrogens is 274 g/mol. The lowest BCUT2D eigenvalue weighted by Crippen LogP contribution is -2.67. The molecule has 2 aliphatic heterocycles. The third-order valence-electron chi connectivity index (χ3n) is 4.30. The molecule has 0 aliphatic carbocycles. The van der Waals surface area contributed by atoms with Crippen LogP contribution in [-0.4, -0.2) is 31.2 Å². The Labute approximate surface area is 126 Å². The molecule has 4 nitrogen and oxygen atoms in total. The Morgan fingerprint density at radius 3 is 2.65 bits per heavy atom. The predicted octanol–water partition coefficient (Wildman–Crippen LogP) is 2.07. The van der Waals surface area contributed by atoms with Crippen molar-refractivity contribution < 1.29 is 4.79 Å². The van der Waals surface area contributed by atoms with Crippen LogP contribution in [0.4, 0.5) is 5.69 Å². The van der Waals surface area contributed by atoms with Crippen LogP contribution in [0.2, 0.25) is 0 Å². The molecule has 5 heteroatoms. The molecule has 0 radical (unpaired) electrons. The van der Waals surface area contributed by atoms with E-state index >= 15 is 0 Å². The van der Waals surface area contributed by atoms with Crippen molar-refractivity contribution in [3.8, 4) is 0 Å². The maximum Gasteiger partial charge on any atom is 0.255 e. The summed E-state index contributed by atoms with van der Waals surface area (Å²) in [5.74, 6) is 0.0744. The lowest BCUT2D eigenvalue weighted by Gasteiger charge is -2.51. The van der Waals surface area contributed by atoms with Crippen LogP contribution in [0.25, 0.3) is 0 Å². The van der Waals surface area contributed by atoms with Gasteiger partial charge in [-0.1, -0.05) is 11.6 Å². The molecule has 1 amide bonds. The number of nitrogens with one attached hydrogen (secondary N) is 2. The van der Waals surface area contributed by atoms with Crippen molar-refractivity contribution in [2.75, 3.05) is 24.5 Å². The topological polar surface area (TPSA) is 44.4 Å². The van der Waals surface area contributed by atoms with Gasteiger partial charge in [-0.3, -0.25) is 4.79 Å². The van der Waals surface area contributed by atoms with Crippen molar-refractivity contribution >= 4 is 24.0 Å². The molecule has 1 spiro atoms. The van der Waals surface area contributed by atoms with Crippen LogP contribution in [0, 0.1) is 6.92 Å². The average Bonchev–Trinajstić information content (AvgIpc) is 2.41. The highest BCUT2D eigenvalue weighted by Gasteiger charge is 2.43. The van der Waals surface area contributed by atoms with Crippen molar-refractivity contribution in [2.45, 2.75) is 32.4 Å². The molecule has 0 aromatic heterocycles. The molecule has 0 bridgehead atoms. The summed E-state index contributed by atoms with van der Waals surface area (Å²) in [7, 11) is 0. The zero-order valence-corrected chi connectivity index (χ0v) is 12.8. The van der Waals surface area contributed by atoms with E-state index in [4.69, 9.17) is 0 Å². The molecular formula is C15H22ClN3O. The Kier molecular flexibility index (Phi) is 4.25. The minimum Gasteiger partial charge on any atom is -0.348 e. The van der Waals surface area contributed by atoms with Gasteiger partial charge in [-0.2, -0.15) is 0 Å². The van der Waals surface area contributed by atoms with Gasteiger partial charge in [-0.15, -0.1) is 12.4 Å². The smallest absolute Gasteiger partial charge is 0.255 e. The number of piperidine rings is 1. The highest BCUT2D eigenvalue weighted by molar-refractivity contribution is 6.02. The van der Waals surface area contributed by atoms with E-state index in [-0.39, 0.29) is 24.0 Å². The predicted molar refractivity (Wildman–Crippen MR) is 83.7 cm³/mol. The standard InChI is InChI=1S/C15H21N3O.ClH/c1-3-18-13-5-4-11(2)10-12(13)14(19)17-15(18)6-8-16-9-7-15;/h4-5,10,16H,3,6-9H2,1-2H3,(H,17,19);1H. The molecule has 1 fully saturated rings. The highest BCUT2D eigenvalue weighted by atomic mass is 35.5. The van der Waals surface area contributed by atoms with Gasteiger partial charge in [0, 0.05) is 19.4 Å². The number of halogens is 1. The fourth-order valence-corrected chi connectivity index (χ4v) is 3.35. The summed E-state index contributed by atoms with van der Waals surface area (Å²) in [4.78, 5) is 14.8. The number of hydrogen-bond acceptors (Lipinski definition) is 3. The largest absolute Gasteiger partial charge is 0.348 e. The van der Waals surface area contributed by atoms with Crippen molar-refractivity contribution in [2.24, 2.45) is 0 Å². The maximum atomic E-state index is 12.4. The number of amides is 1. The molecule has 2 N–H and O–H groups in total. The minimum absolute atomic E-state index is 0. The fourth-order valence-electron chi connectivity index (χ4n) is 3.35. The first kappa shape index (κ1) is 15.1. The minimum atomic E-state index is -0.195. The number of carbonyl (C=O) groups excluding carboxylic acids is 1. The zero-order valence-electron chi connectivity index (χ0n) is 12.0. The van der Waals surface area contributed by atoms with E-state index in [1.54, 1.807) is 0 Å². The van der Waals surface area contributed by atoms with E-state index in [2.05, 4.69) is 34.6 Å². The summed E-state index contributed by atoms with van der Waals surface area (Å²) >= 11 is 0. The first-order valence-electron chi connectivity index (χ1n) is 7.08. The van der Waals surface area contributed by atoms with E-state index in [0.717, 1.165) is 49.3 Å². The van der Waals surface area contributed by atoms with Crippen LogP contribution >= 0.6 is 12.4 Å². The molecule has 110 valence electrons. The molecule has 3 rings (SSSR count). The number of benzene rings is 1. The SMILES string of the molecule is CCN1c2ccc(C)cc2C(=O)NC12CCNCC2.Cl. The van der Waals surface area contributed by atoms with E-state index in [1.807, 2.05) is 13.0 Å². The first-order chi connectivity index (χ1) is 9.16. The van der Waals surface area contributed by atoms with Crippen LogP contribution < -0.4 is 15.5 Å². The van der Waals surface area contributed by atoms with Gasteiger partial charge in [0.15, 0.2) is 0 Å². The number of hydrogen-bond donors (Lipinski definition) is 2. The highest BCUT2D eigenvalue weighted by Crippen LogP contribution is 2.36. The molecule has 0 atom stereocenters. The molecule has 20 heavy (non-hydrogen) atoms. The summed E-state index contributed by atoms with van der Waals surface area (Å²) in [6.07, 6.45) is 1.92. The maximum absolute atomic E-state index is 12.4. The molecule has 1 aromatic rings.